The van der Waals surface area contributed by atoms with E-state index >= 15 is 0 Å². The van der Waals surface area contributed by atoms with Gasteiger partial charge in [0.25, 0.3) is 0 Å². The normalized spacial score (nSPS) is 11.6. The van der Waals surface area contributed by atoms with Gasteiger partial charge in [0.15, 0.2) is 0 Å². The third-order valence-corrected chi connectivity index (χ3v) is 2.58. The largest absolute Gasteiger partial charge is 0.481 e. The molecule has 1 aromatic carbocycles. The Morgan fingerprint density at radius 2 is 1.94 bits per heavy atom. The summed E-state index contributed by atoms with van der Waals surface area (Å²) in [6, 6.07) is 9.83. The molecule has 0 heterocycles. The van der Waals surface area contributed by atoms with E-state index in [9.17, 15) is 4.79 Å². The lowest BCUT2D eigenvalue weighted by Crippen LogP contribution is -2.16. The van der Waals surface area contributed by atoms with Crippen LogP contribution in [0, 0.1) is 5.92 Å². The second-order valence-corrected chi connectivity index (χ2v) is 3.87. The van der Waals surface area contributed by atoms with E-state index in [1.165, 1.54) is 0 Å². The minimum absolute atomic E-state index is 0. The van der Waals surface area contributed by atoms with E-state index < -0.39 is 5.97 Å². The van der Waals surface area contributed by atoms with Gasteiger partial charge in [-0.15, -0.1) is 0 Å². The SMILES string of the molecule is CCCCC(Cc1ccccc1)C(=O)O.[MgH2]. The summed E-state index contributed by atoms with van der Waals surface area (Å²) in [6.45, 7) is 2.08. The molecule has 16 heavy (non-hydrogen) atoms. The molecule has 0 spiro atoms. The number of hydrogen-bond donors (Lipinski definition) is 1. The lowest BCUT2D eigenvalue weighted by atomic mass is 9.94. The fourth-order valence-corrected chi connectivity index (χ4v) is 1.66. The molecule has 1 N–H and O–H groups in total. The molecule has 0 bridgehead atoms. The first kappa shape index (κ1) is 15.5. The summed E-state index contributed by atoms with van der Waals surface area (Å²) in [5.74, 6) is -0.903. The van der Waals surface area contributed by atoms with Crippen molar-refractivity contribution in [2.75, 3.05) is 0 Å². The van der Waals surface area contributed by atoms with Crippen molar-refractivity contribution >= 4 is 29.0 Å². The Kier molecular flexibility index (Phi) is 8.30. The van der Waals surface area contributed by atoms with Crippen LogP contribution in [-0.2, 0) is 11.2 Å². The van der Waals surface area contributed by atoms with Crippen LogP contribution in [0.2, 0.25) is 0 Å². The quantitative estimate of drug-likeness (QED) is 0.764. The number of unbranched alkanes of at least 4 members (excludes halogenated alkanes) is 1. The first-order chi connectivity index (χ1) is 7.24. The van der Waals surface area contributed by atoms with Crippen molar-refractivity contribution in [2.24, 2.45) is 5.92 Å². The van der Waals surface area contributed by atoms with Gasteiger partial charge >= 0.3 is 29.0 Å². The molecule has 1 rings (SSSR count). The summed E-state index contributed by atoms with van der Waals surface area (Å²) in [7, 11) is 0. The lowest BCUT2D eigenvalue weighted by molar-refractivity contribution is -0.141. The van der Waals surface area contributed by atoms with Gasteiger partial charge in [0, 0.05) is 0 Å². The Morgan fingerprint density at radius 3 is 2.44 bits per heavy atom. The third kappa shape index (κ3) is 5.52. The number of aliphatic carboxylic acids is 1. The third-order valence-electron chi connectivity index (χ3n) is 2.58. The van der Waals surface area contributed by atoms with E-state index in [0.29, 0.717) is 6.42 Å². The molecule has 2 nitrogen and oxygen atoms in total. The van der Waals surface area contributed by atoms with Gasteiger partial charge in [0.1, 0.15) is 0 Å². The number of carboxylic acid groups (broad SMARTS) is 1. The van der Waals surface area contributed by atoms with Gasteiger partial charge in [-0.1, -0.05) is 50.1 Å². The maximum absolute atomic E-state index is 11.0. The van der Waals surface area contributed by atoms with Crippen molar-refractivity contribution in [2.45, 2.75) is 32.6 Å². The highest BCUT2D eigenvalue weighted by molar-refractivity contribution is 5.75. The Labute approximate surface area is 113 Å². The number of rotatable bonds is 6. The van der Waals surface area contributed by atoms with E-state index in [-0.39, 0.29) is 29.0 Å². The standard InChI is InChI=1S/C13H18O2.Mg.2H/c1-2-3-9-12(13(14)15)10-11-7-5-4-6-8-11;;;/h4-8,12H,2-3,9-10H2,1H3,(H,14,15);;;. The van der Waals surface area contributed by atoms with Crippen LogP contribution in [0.25, 0.3) is 0 Å². The van der Waals surface area contributed by atoms with Crippen LogP contribution in [0.1, 0.15) is 31.7 Å². The minimum Gasteiger partial charge on any atom is -0.481 e. The number of hydrogen-bond acceptors (Lipinski definition) is 1. The maximum Gasteiger partial charge on any atom is 0.316 e. The van der Waals surface area contributed by atoms with E-state index in [0.717, 1.165) is 24.8 Å². The Morgan fingerprint density at radius 1 is 1.31 bits per heavy atom. The maximum atomic E-state index is 11.0. The molecule has 0 saturated carbocycles. The Hall–Kier alpha value is -0.544. The monoisotopic (exact) mass is 232 g/mol. The summed E-state index contributed by atoms with van der Waals surface area (Å²) in [5, 5.41) is 9.06. The Bertz CT molecular complexity index is 298. The molecule has 0 aliphatic carbocycles. The molecule has 0 aromatic heterocycles. The molecule has 86 valence electrons. The molecule has 0 aliphatic rings. The topological polar surface area (TPSA) is 37.3 Å². The summed E-state index contributed by atoms with van der Waals surface area (Å²) in [4.78, 5) is 11.0. The zero-order chi connectivity index (χ0) is 11.1. The van der Waals surface area contributed by atoms with Crippen molar-refractivity contribution in [1.29, 1.82) is 0 Å². The fourth-order valence-electron chi connectivity index (χ4n) is 1.66. The van der Waals surface area contributed by atoms with Crippen molar-refractivity contribution in [1.82, 2.24) is 0 Å². The predicted octanol–water partition coefficient (Wildman–Crippen LogP) is 2.20. The lowest BCUT2D eigenvalue weighted by Gasteiger charge is -2.11. The molecule has 0 radical (unpaired) electrons. The fraction of sp³-hybridized carbons (Fsp3) is 0.462. The summed E-state index contributed by atoms with van der Waals surface area (Å²) >= 11 is 0. The number of carbonyl (C=O) groups is 1. The van der Waals surface area contributed by atoms with Gasteiger partial charge in [-0.25, -0.2) is 0 Å². The first-order valence-corrected chi connectivity index (χ1v) is 5.50. The molecular formula is C13H20MgO2. The van der Waals surface area contributed by atoms with Crippen LogP contribution in [0.5, 0.6) is 0 Å². The second-order valence-electron chi connectivity index (χ2n) is 3.87. The van der Waals surface area contributed by atoms with Crippen LogP contribution in [0.15, 0.2) is 30.3 Å². The second kappa shape index (κ2) is 8.59. The van der Waals surface area contributed by atoms with Gasteiger partial charge in [0.05, 0.1) is 5.92 Å². The average Bonchev–Trinajstić information content (AvgIpc) is 2.25. The van der Waals surface area contributed by atoms with Crippen molar-refractivity contribution in [3.63, 3.8) is 0 Å². The summed E-state index contributed by atoms with van der Waals surface area (Å²) < 4.78 is 0. The van der Waals surface area contributed by atoms with Crippen molar-refractivity contribution in [3.05, 3.63) is 35.9 Å². The average molecular weight is 233 g/mol. The minimum atomic E-state index is -0.674. The van der Waals surface area contributed by atoms with Crippen molar-refractivity contribution in [3.8, 4) is 0 Å². The van der Waals surface area contributed by atoms with Gasteiger partial charge in [-0.2, -0.15) is 0 Å². The molecule has 0 aliphatic heterocycles. The highest BCUT2D eigenvalue weighted by Crippen LogP contribution is 2.15. The molecule has 0 saturated heterocycles. The first-order valence-electron chi connectivity index (χ1n) is 5.50. The van der Waals surface area contributed by atoms with E-state index in [1.54, 1.807) is 0 Å². The van der Waals surface area contributed by atoms with Crippen LogP contribution in [0.3, 0.4) is 0 Å². The molecule has 0 fully saturated rings. The Balaban J connectivity index is 0.00000225. The van der Waals surface area contributed by atoms with Gasteiger partial charge in [0.2, 0.25) is 0 Å². The van der Waals surface area contributed by atoms with E-state index in [4.69, 9.17) is 5.11 Å². The predicted molar refractivity (Wildman–Crippen MR) is 69.3 cm³/mol. The zero-order valence-corrected chi connectivity index (χ0v) is 9.15. The van der Waals surface area contributed by atoms with Crippen LogP contribution >= 0.6 is 0 Å². The summed E-state index contributed by atoms with van der Waals surface area (Å²) in [5.41, 5.74) is 1.11. The molecule has 0 amide bonds. The molecule has 1 aromatic rings. The zero-order valence-electron chi connectivity index (χ0n) is 9.15. The van der Waals surface area contributed by atoms with Crippen LogP contribution in [-0.4, -0.2) is 34.1 Å². The van der Waals surface area contributed by atoms with Crippen LogP contribution in [0.4, 0.5) is 0 Å². The van der Waals surface area contributed by atoms with E-state index in [1.807, 2.05) is 30.3 Å². The highest BCUT2D eigenvalue weighted by atomic mass is 24.3. The summed E-state index contributed by atoms with van der Waals surface area (Å²) in [6.07, 6.45) is 3.47. The van der Waals surface area contributed by atoms with E-state index in [2.05, 4.69) is 6.92 Å². The van der Waals surface area contributed by atoms with Crippen LogP contribution < -0.4 is 0 Å². The molecule has 1 atom stereocenters. The van der Waals surface area contributed by atoms with Gasteiger partial charge in [-0.05, 0) is 18.4 Å². The van der Waals surface area contributed by atoms with Gasteiger partial charge in [-0.3, -0.25) is 4.79 Å². The van der Waals surface area contributed by atoms with Gasteiger partial charge < -0.3 is 5.11 Å². The number of carboxylic acids is 1. The molecule has 3 heteroatoms. The molecule has 1 unspecified atom stereocenters. The molecular weight excluding hydrogens is 212 g/mol. The smallest absolute Gasteiger partial charge is 0.316 e. The highest BCUT2D eigenvalue weighted by Gasteiger charge is 2.16. The van der Waals surface area contributed by atoms with Crippen molar-refractivity contribution < 1.29 is 9.90 Å². The number of benzene rings is 1.